The summed E-state index contributed by atoms with van der Waals surface area (Å²) in [6.45, 7) is 4.33. The van der Waals surface area contributed by atoms with E-state index in [0.717, 1.165) is 5.56 Å². The lowest BCUT2D eigenvalue weighted by atomic mass is 10.0. The van der Waals surface area contributed by atoms with E-state index >= 15 is 0 Å². The van der Waals surface area contributed by atoms with Crippen LogP contribution in [0.1, 0.15) is 30.9 Å². The predicted octanol–water partition coefficient (Wildman–Crippen LogP) is 3.82. The Morgan fingerprint density at radius 3 is 2.62 bits per heavy atom. The maximum Gasteiger partial charge on any atom is 0.264 e. The summed E-state index contributed by atoms with van der Waals surface area (Å²) in [5.74, 6) is 0.759. The highest BCUT2D eigenvalue weighted by molar-refractivity contribution is 6.03. The highest BCUT2D eigenvalue weighted by Crippen LogP contribution is 2.33. The van der Waals surface area contributed by atoms with Gasteiger partial charge < -0.3 is 15.0 Å². The zero-order valence-electron chi connectivity index (χ0n) is 15.2. The van der Waals surface area contributed by atoms with E-state index < -0.39 is 0 Å². The van der Waals surface area contributed by atoms with Crippen LogP contribution < -0.4 is 15.0 Å². The molecule has 26 heavy (non-hydrogen) atoms. The molecule has 0 atom stereocenters. The van der Waals surface area contributed by atoms with E-state index in [-0.39, 0.29) is 18.4 Å². The van der Waals surface area contributed by atoms with Gasteiger partial charge in [-0.2, -0.15) is 0 Å². The number of amides is 2. The van der Waals surface area contributed by atoms with Crippen molar-refractivity contribution in [3.63, 3.8) is 0 Å². The van der Waals surface area contributed by atoms with Gasteiger partial charge in [0, 0.05) is 18.8 Å². The molecule has 5 nitrogen and oxygen atoms in total. The first-order valence-corrected chi connectivity index (χ1v) is 8.56. The molecule has 1 aliphatic rings. The minimum Gasteiger partial charge on any atom is -0.482 e. The maximum absolute atomic E-state index is 12.2. The summed E-state index contributed by atoms with van der Waals surface area (Å²) < 4.78 is 5.38. The topological polar surface area (TPSA) is 58.6 Å². The second-order valence-electron chi connectivity index (χ2n) is 6.57. The standard InChI is InChI=1S/C21H22N2O3/c1-14(2)16-7-4-15(5-8-16)6-11-20(24)22-17-9-10-19-18(12-17)23(3)21(25)13-26-19/h4-12,14H,13H2,1-3H3,(H,22,24)/b11-6+. The lowest BCUT2D eigenvalue weighted by Crippen LogP contribution is -2.35. The quantitative estimate of drug-likeness (QED) is 0.853. The maximum atomic E-state index is 12.2. The van der Waals surface area contributed by atoms with Gasteiger partial charge in [0.25, 0.3) is 5.91 Å². The second-order valence-corrected chi connectivity index (χ2v) is 6.57. The Balaban J connectivity index is 1.67. The first-order chi connectivity index (χ1) is 12.4. The van der Waals surface area contributed by atoms with Crippen LogP contribution in [-0.2, 0) is 9.59 Å². The van der Waals surface area contributed by atoms with Crippen LogP contribution in [-0.4, -0.2) is 25.5 Å². The molecule has 1 N–H and O–H groups in total. The Hall–Kier alpha value is -3.08. The lowest BCUT2D eigenvalue weighted by molar-refractivity contribution is -0.121. The van der Waals surface area contributed by atoms with Crippen molar-refractivity contribution in [3.8, 4) is 5.75 Å². The second kappa shape index (κ2) is 7.44. The molecule has 0 saturated heterocycles. The Morgan fingerprint density at radius 2 is 1.92 bits per heavy atom. The number of hydrogen-bond acceptors (Lipinski definition) is 3. The third-order valence-corrected chi connectivity index (χ3v) is 4.34. The largest absolute Gasteiger partial charge is 0.482 e. The Morgan fingerprint density at radius 1 is 1.19 bits per heavy atom. The average Bonchev–Trinajstić information content (AvgIpc) is 2.64. The minimum absolute atomic E-state index is 0.0353. The van der Waals surface area contributed by atoms with Crippen molar-refractivity contribution in [2.45, 2.75) is 19.8 Å². The normalized spacial score (nSPS) is 13.7. The summed E-state index contributed by atoms with van der Waals surface area (Å²) in [5, 5.41) is 2.81. The minimum atomic E-state index is -0.233. The zero-order valence-corrected chi connectivity index (χ0v) is 15.2. The van der Waals surface area contributed by atoms with E-state index in [4.69, 9.17) is 4.74 Å². The van der Waals surface area contributed by atoms with Gasteiger partial charge in [-0.1, -0.05) is 38.1 Å². The summed E-state index contributed by atoms with van der Waals surface area (Å²) >= 11 is 0. The van der Waals surface area contributed by atoms with E-state index in [1.165, 1.54) is 16.5 Å². The van der Waals surface area contributed by atoms with Crippen molar-refractivity contribution < 1.29 is 14.3 Å². The van der Waals surface area contributed by atoms with Gasteiger partial charge >= 0.3 is 0 Å². The van der Waals surface area contributed by atoms with Crippen LogP contribution in [0.25, 0.3) is 6.08 Å². The number of nitrogens with zero attached hydrogens (tertiary/aromatic N) is 1. The van der Waals surface area contributed by atoms with Gasteiger partial charge in [0.05, 0.1) is 5.69 Å². The van der Waals surface area contributed by atoms with Crippen LogP contribution in [0.3, 0.4) is 0 Å². The molecule has 0 saturated carbocycles. The molecule has 134 valence electrons. The van der Waals surface area contributed by atoms with E-state index in [2.05, 4.69) is 31.3 Å². The number of anilines is 2. The number of rotatable bonds is 4. The third kappa shape index (κ3) is 3.94. The van der Waals surface area contributed by atoms with E-state index in [1.807, 2.05) is 12.1 Å². The number of ether oxygens (including phenoxy) is 1. The number of likely N-dealkylation sites (N-methyl/N-ethyl adjacent to an activating group) is 1. The van der Waals surface area contributed by atoms with Gasteiger partial charge in [-0.05, 0) is 41.3 Å². The van der Waals surface area contributed by atoms with Crippen LogP contribution >= 0.6 is 0 Å². The third-order valence-electron chi connectivity index (χ3n) is 4.34. The average molecular weight is 350 g/mol. The summed E-state index contributed by atoms with van der Waals surface area (Å²) in [6, 6.07) is 13.4. The van der Waals surface area contributed by atoms with E-state index in [0.29, 0.717) is 23.0 Å². The molecule has 2 aromatic carbocycles. The fourth-order valence-electron chi connectivity index (χ4n) is 2.70. The van der Waals surface area contributed by atoms with Crippen molar-refractivity contribution in [1.82, 2.24) is 0 Å². The fraction of sp³-hybridized carbons (Fsp3) is 0.238. The van der Waals surface area contributed by atoms with Crippen LogP contribution in [0.15, 0.2) is 48.5 Å². The molecule has 5 heteroatoms. The smallest absolute Gasteiger partial charge is 0.264 e. The van der Waals surface area contributed by atoms with Gasteiger partial charge in [0.15, 0.2) is 6.61 Å². The lowest BCUT2D eigenvalue weighted by Gasteiger charge is -2.26. The van der Waals surface area contributed by atoms with Gasteiger partial charge in [0.2, 0.25) is 5.91 Å². The summed E-state index contributed by atoms with van der Waals surface area (Å²) in [7, 11) is 1.69. The van der Waals surface area contributed by atoms with Crippen LogP contribution in [0.4, 0.5) is 11.4 Å². The molecule has 1 heterocycles. The van der Waals surface area contributed by atoms with Crippen molar-refractivity contribution in [2.24, 2.45) is 0 Å². The van der Waals surface area contributed by atoms with Crippen LogP contribution in [0.5, 0.6) is 5.75 Å². The molecule has 1 aliphatic heterocycles. The monoisotopic (exact) mass is 350 g/mol. The molecule has 0 spiro atoms. The molecule has 2 amide bonds. The molecule has 2 aromatic rings. The predicted molar refractivity (Wildman–Crippen MR) is 104 cm³/mol. The number of nitrogens with one attached hydrogen (secondary N) is 1. The summed E-state index contributed by atoms with van der Waals surface area (Å²) in [4.78, 5) is 25.4. The SMILES string of the molecule is CC(C)c1ccc(/C=C/C(=O)Nc2ccc3c(c2)N(C)C(=O)CO3)cc1. The van der Waals surface area contributed by atoms with E-state index in [1.54, 1.807) is 31.3 Å². The van der Waals surface area contributed by atoms with E-state index in [9.17, 15) is 9.59 Å². The zero-order chi connectivity index (χ0) is 18.7. The number of carbonyl (C=O) groups is 2. The molecule has 0 aromatic heterocycles. The molecule has 0 fully saturated rings. The van der Waals surface area contributed by atoms with Crippen LogP contribution in [0.2, 0.25) is 0 Å². The number of fused-ring (bicyclic) bond motifs is 1. The highest BCUT2D eigenvalue weighted by Gasteiger charge is 2.22. The van der Waals surface area contributed by atoms with Crippen molar-refractivity contribution in [2.75, 3.05) is 23.9 Å². The van der Waals surface area contributed by atoms with Gasteiger partial charge in [-0.15, -0.1) is 0 Å². The van der Waals surface area contributed by atoms with Gasteiger partial charge in [-0.3, -0.25) is 9.59 Å². The molecule has 0 radical (unpaired) electrons. The molecule has 3 rings (SSSR count). The Kier molecular flexibility index (Phi) is 5.07. The fourth-order valence-corrected chi connectivity index (χ4v) is 2.70. The Labute approximate surface area is 153 Å². The number of carbonyl (C=O) groups excluding carboxylic acids is 2. The van der Waals surface area contributed by atoms with Crippen LogP contribution in [0, 0.1) is 0 Å². The first-order valence-electron chi connectivity index (χ1n) is 8.56. The highest BCUT2D eigenvalue weighted by atomic mass is 16.5. The van der Waals surface area contributed by atoms with Crippen molar-refractivity contribution in [1.29, 1.82) is 0 Å². The first kappa shape index (κ1) is 17.7. The van der Waals surface area contributed by atoms with Crippen molar-refractivity contribution >= 4 is 29.3 Å². The molecule has 0 bridgehead atoms. The summed E-state index contributed by atoms with van der Waals surface area (Å²) in [6.07, 6.45) is 3.27. The molecule has 0 aliphatic carbocycles. The number of benzene rings is 2. The van der Waals surface area contributed by atoms with Gasteiger partial charge in [-0.25, -0.2) is 0 Å². The molecule has 0 unspecified atom stereocenters. The number of hydrogen-bond donors (Lipinski definition) is 1. The van der Waals surface area contributed by atoms with Crippen molar-refractivity contribution in [3.05, 3.63) is 59.7 Å². The molecular formula is C21H22N2O3. The Bertz CT molecular complexity index is 854. The summed E-state index contributed by atoms with van der Waals surface area (Å²) in [5.41, 5.74) is 3.49. The molecular weight excluding hydrogens is 328 g/mol. The van der Waals surface area contributed by atoms with Gasteiger partial charge in [0.1, 0.15) is 5.75 Å².